The maximum atomic E-state index is 12.5. The number of hydrogen-bond acceptors (Lipinski definition) is 4. The molecule has 0 unspecified atom stereocenters. The van der Waals surface area contributed by atoms with E-state index in [9.17, 15) is 4.79 Å². The van der Waals surface area contributed by atoms with Crippen molar-refractivity contribution < 1.29 is 9.53 Å². The Kier molecular flexibility index (Phi) is 5.52. The van der Waals surface area contributed by atoms with Gasteiger partial charge in [0, 0.05) is 49.1 Å². The summed E-state index contributed by atoms with van der Waals surface area (Å²) in [5, 5.41) is 4.03. The number of aryl methyl sites for hydroxylation is 1. The molecule has 0 fully saturated rings. The van der Waals surface area contributed by atoms with Crippen LogP contribution in [0.3, 0.4) is 0 Å². The highest BCUT2D eigenvalue weighted by atomic mass is 16.5. The number of amides is 1. The van der Waals surface area contributed by atoms with Crippen LogP contribution in [-0.4, -0.2) is 27.6 Å². The van der Waals surface area contributed by atoms with Gasteiger partial charge in [-0.3, -0.25) is 9.78 Å². The second-order valence-corrected chi connectivity index (χ2v) is 6.71. The van der Waals surface area contributed by atoms with Crippen LogP contribution in [0.25, 0.3) is 22.3 Å². The van der Waals surface area contributed by atoms with Gasteiger partial charge in [0.05, 0.1) is 12.8 Å². The molecule has 0 radical (unpaired) electrons. The molecule has 29 heavy (non-hydrogen) atoms. The summed E-state index contributed by atoms with van der Waals surface area (Å²) in [6.45, 7) is 1.01. The van der Waals surface area contributed by atoms with Gasteiger partial charge in [-0.15, -0.1) is 0 Å². The van der Waals surface area contributed by atoms with E-state index < -0.39 is 0 Å². The number of ether oxygens (including phenoxy) is 1. The number of nitrogens with zero attached hydrogens (tertiary/aromatic N) is 3. The molecule has 0 bridgehead atoms. The number of carbonyl (C=O) groups is 1. The molecular weight excluding hydrogens is 364 g/mol. The van der Waals surface area contributed by atoms with E-state index in [0.717, 1.165) is 33.6 Å². The predicted molar refractivity (Wildman–Crippen MR) is 112 cm³/mol. The van der Waals surface area contributed by atoms with E-state index in [2.05, 4.69) is 25.9 Å². The Balaban J connectivity index is 1.48. The zero-order valence-corrected chi connectivity index (χ0v) is 16.2. The van der Waals surface area contributed by atoms with E-state index in [1.165, 1.54) is 0 Å². The zero-order chi connectivity index (χ0) is 20.1. The van der Waals surface area contributed by atoms with Gasteiger partial charge in [-0.25, -0.2) is 4.98 Å². The van der Waals surface area contributed by atoms with Gasteiger partial charge in [0.25, 0.3) is 0 Å². The molecule has 3 aromatic heterocycles. The highest BCUT2D eigenvalue weighted by Gasteiger charge is 2.13. The number of nitrogens with one attached hydrogen (secondary N) is 1. The van der Waals surface area contributed by atoms with E-state index in [-0.39, 0.29) is 5.91 Å². The molecule has 0 saturated carbocycles. The van der Waals surface area contributed by atoms with E-state index in [1.807, 2.05) is 48.5 Å². The molecule has 0 atom stereocenters. The first-order valence-corrected chi connectivity index (χ1v) is 9.49. The molecule has 0 aliphatic heterocycles. The Labute approximate surface area is 169 Å². The highest BCUT2D eigenvalue weighted by molar-refractivity contribution is 5.84. The molecule has 146 valence electrons. The largest absolute Gasteiger partial charge is 0.497 e. The summed E-state index contributed by atoms with van der Waals surface area (Å²) < 4.78 is 7.32. The summed E-state index contributed by atoms with van der Waals surface area (Å²) in [6.07, 6.45) is 5.68. The van der Waals surface area contributed by atoms with Crippen LogP contribution < -0.4 is 10.1 Å². The van der Waals surface area contributed by atoms with Crippen molar-refractivity contribution in [3.63, 3.8) is 0 Å². The predicted octanol–water partition coefficient (Wildman–Crippen LogP) is 3.81. The van der Waals surface area contributed by atoms with Gasteiger partial charge < -0.3 is 14.6 Å². The standard InChI is InChI=1S/C23H22N4O2/c1-29-20-6-2-4-17(14-20)16-26-22(28)9-13-27-21(18-7-11-24-12-8-18)15-19-5-3-10-25-23(19)27/h2-8,10-12,14-15H,9,13,16H2,1H3,(H,26,28). The summed E-state index contributed by atoms with van der Waals surface area (Å²) in [4.78, 5) is 21.1. The lowest BCUT2D eigenvalue weighted by Crippen LogP contribution is -2.24. The first kappa shape index (κ1) is 18.7. The van der Waals surface area contributed by atoms with Crippen LogP contribution in [0.4, 0.5) is 0 Å². The summed E-state index contributed by atoms with van der Waals surface area (Å²) in [5.74, 6) is 0.773. The Hall–Kier alpha value is -3.67. The average molecular weight is 386 g/mol. The lowest BCUT2D eigenvalue weighted by molar-refractivity contribution is -0.121. The first-order valence-electron chi connectivity index (χ1n) is 9.49. The second-order valence-electron chi connectivity index (χ2n) is 6.71. The van der Waals surface area contributed by atoms with E-state index in [0.29, 0.717) is 19.5 Å². The Morgan fingerprint density at radius 1 is 1.07 bits per heavy atom. The molecule has 1 aromatic carbocycles. The lowest BCUT2D eigenvalue weighted by Gasteiger charge is -2.11. The number of aromatic nitrogens is 3. The van der Waals surface area contributed by atoms with Gasteiger partial charge in [-0.2, -0.15) is 0 Å². The smallest absolute Gasteiger partial charge is 0.222 e. The molecule has 3 heterocycles. The lowest BCUT2D eigenvalue weighted by atomic mass is 10.2. The van der Waals surface area contributed by atoms with Gasteiger partial charge in [-0.1, -0.05) is 12.1 Å². The van der Waals surface area contributed by atoms with Crippen LogP contribution in [0, 0.1) is 0 Å². The average Bonchev–Trinajstić information content (AvgIpc) is 3.15. The summed E-state index contributed by atoms with van der Waals surface area (Å²) >= 11 is 0. The van der Waals surface area contributed by atoms with Crippen molar-refractivity contribution in [1.29, 1.82) is 0 Å². The topological polar surface area (TPSA) is 69.0 Å². The Morgan fingerprint density at radius 2 is 1.93 bits per heavy atom. The SMILES string of the molecule is COc1cccc(CNC(=O)CCn2c(-c3ccncc3)cc3cccnc32)c1. The van der Waals surface area contributed by atoms with Gasteiger partial charge in [0.2, 0.25) is 5.91 Å². The maximum Gasteiger partial charge on any atom is 0.222 e. The molecule has 6 nitrogen and oxygen atoms in total. The Morgan fingerprint density at radius 3 is 2.76 bits per heavy atom. The third-order valence-corrected chi connectivity index (χ3v) is 4.82. The number of carbonyl (C=O) groups excluding carboxylic acids is 1. The van der Waals surface area contributed by atoms with E-state index in [4.69, 9.17) is 4.74 Å². The van der Waals surface area contributed by atoms with E-state index >= 15 is 0 Å². The number of benzene rings is 1. The molecule has 4 rings (SSSR count). The van der Waals surface area contributed by atoms with Gasteiger partial charge >= 0.3 is 0 Å². The van der Waals surface area contributed by atoms with Crippen molar-refractivity contribution >= 4 is 16.9 Å². The first-order chi connectivity index (χ1) is 14.2. The van der Waals surface area contributed by atoms with Crippen molar-refractivity contribution in [2.45, 2.75) is 19.5 Å². The monoisotopic (exact) mass is 386 g/mol. The molecule has 0 spiro atoms. The fourth-order valence-electron chi connectivity index (χ4n) is 3.36. The third-order valence-electron chi connectivity index (χ3n) is 4.82. The fraction of sp³-hybridized carbons (Fsp3) is 0.174. The number of hydrogen-bond donors (Lipinski definition) is 1. The van der Waals surface area contributed by atoms with Gasteiger partial charge in [-0.05, 0) is 48.0 Å². The number of rotatable bonds is 7. The van der Waals surface area contributed by atoms with Crippen molar-refractivity contribution in [3.8, 4) is 17.0 Å². The normalized spacial score (nSPS) is 10.8. The van der Waals surface area contributed by atoms with Crippen molar-refractivity contribution in [2.24, 2.45) is 0 Å². The van der Waals surface area contributed by atoms with Crippen molar-refractivity contribution in [2.75, 3.05) is 7.11 Å². The minimum Gasteiger partial charge on any atom is -0.497 e. The minimum atomic E-state index is -0.00807. The molecular formula is C23H22N4O2. The minimum absolute atomic E-state index is 0.00807. The number of pyridine rings is 2. The van der Waals surface area contributed by atoms with Crippen LogP contribution >= 0.6 is 0 Å². The molecule has 0 aliphatic rings. The van der Waals surface area contributed by atoms with Crippen molar-refractivity contribution in [1.82, 2.24) is 19.9 Å². The highest BCUT2D eigenvalue weighted by Crippen LogP contribution is 2.27. The Bertz CT molecular complexity index is 1120. The van der Waals surface area contributed by atoms with Crippen LogP contribution in [0.5, 0.6) is 5.75 Å². The van der Waals surface area contributed by atoms with Crippen LogP contribution in [0.2, 0.25) is 0 Å². The van der Waals surface area contributed by atoms with Crippen molar-refractivity contribution in [3.05, 3.63) is 78.8 Å². The molecule has 6 heteroatoms. The summed E-state index contributed by atoms with van der Waals surface area (Å²) in [6, 6.07) is 17.7. The van der Waals surface area contributed by atoms with E-state index in [1.54, 1.807) is 25.7 Å². The summed E-state index contributed by atoms with van der Waals surface area (Å²) in [5.41, 5.74) is 3.96. The van der Waals surface area contributed by atoms with Gasteiger partial charge in [0.1, 0.15) is 11.4 Å². The zero-order valence-electron chi connectivity index (χ0n) is 16.2. The fourth-order valence-corrected chi connectivity index (χ4v) is 3.36. The molecule has 0 saturated heterocycles. The number of fused-ring (bicyclic) bond motifs is 1. The number of methoxy groups -OCH3 is 1. The molecule has 0 aliphatic carbocycles. The van der Waals surface area contributed by atoms with Crippen LogP contribution in [0.15, 0.2) is 73.2 Å². The second kappa shape index (κ2) is 8.56. The quantitative estimate of drug-likeness (QED) is 0.524. The maximum absolute atomic E-state index is 12.5. The molecule has 1 N–H and O–H groups in total. The van der Waals surface area contributed by atoms with Gasteiger partial charge in [0.15, 0.2) is 0 Å². The molecule has 1 amide bonds. The van der Waals surface area contributed by atoms with Crippen LogP contribution in [0.1, 0.15) is 12.0 Å². The third kappa shape index (κ3) is 4.27. The molecule has 4 aromatic rings. The summed E-state index contributed by atoms with van der Waals surface area (Å²) in [7, 11) is 1.63. The van der Waals surface area contributed by atoms with Crippen LogP contribution in [-0.2, 0) is 17.9 Å².